The summed E-state index contributed by atoms with van der Waals surface area (Å²) in [6.45, 7) is 0. The van der Waals surface area contributed by atoms with Crippen molar-refractivity contribution in [1.29, 1.82) is 5.26 Å². The predicted molar refractivity (Wildman–Crippen MR) is 53.7 cm³/mol. The third-order valence-corrected chi connectivity index (χ3v) is 2.29. The van der Waals surface area contributed by atoms with Crippen LogP contribution in [0.4, 0.5) is 5.69 Å². The van der Waals surface area contributed by atoms with Crippen LogP contribution in [-0.2, 0) is 4.74 Å². The fourth-order valence-electron chi connectivity index (χ4n) is 0.970. The van der Waals surface area contributed by atoms with Gasteiger partial charge in [0, 0.05) is 4.90 Å². The predicted octanol–water partition coefficient (Wildman–Crippen LogP) is 1.63. The third-order valence-electron chi connectivity index (χ3n) is 1.63. The second-order valence-electron chi connectivity index (χ2n) is 2.40. The molecule has 0 heterocycles. The van der Waals surface area contributed by atoms with Crippen molar-refractivity contribution < 1.29 is 9.53 Å². The average Bonchev–Trinajstić information content (AvgIpc) is 2.20. The van der Waals surface area contributed by atoms with Crippen LogP contribution in [-0.4, -0.2) is 13.1 Å². The number of thiocyanates is 1. The van der Waals surface area contributed by atoms with Gasteiger partial charge >= 0.3 is 5.97 Å². The van der Waals surface area contributed by atoms with E-state index in [0.717, 1.165) is 11.8 Å². The molecule has 0 aromatic heterocycles. The number of benzene rings is 1. The van der Waals surface area contributed by atoms with Crippen LogP contribution in [0.25, 0.3) is 0 Å². The van der Waals surface area contributed by atoms with Crippen molar-refractivity contribution in [2.24, 2.45) is 0 Å². The molecule has 14 heavy (non-hydrogen) atoms. The van der Waals surface area contributed by atoms with Gasteiger partial charge in [0.15, 0.2) is 0 Å². The zero-order valence-electron chi connectivity index (χ0n) is 7.48. The third kappa shape index (κ3) is 1.98. The summed E-state index contributed by atoms with van der Waals surface area (Å²) in [5.41, 5.74) is 6.24. The number of nitrogens with zero attached hydrogens (tertiary/aromatic N) is 1. The molecule has 1 aromatic rings. The van der Waals surface area contributed by atoms with Gasteiger partial charge in [0.2, 0.25) is 0 Å². The number of para-hydroxylation sites is 1. The Hall–Kier alpha value is -1.67. The van der Waals surface area contributed by atoms with Crippen LogP contribution in [0.1, 0.15) is 10.4 Å². The van der Waals surface area contributed by atoms with Crippen LogP contribution in [0.15, 0.2) is 23.1 Å². The monoisotopic (exact) mass is 208 g/mol. The molecule has 0 aliphatic heterocycles. The first-order valence-electron chi connectivity index (χ1n) is 3.73. The molecule has 2 N–H and O–H groups in total. The first-order valence-corrected chi connectivity index (χ1v) is 4.55. The SMILES string of the molecule is COC(=O)c1cccc(SC#N)c1N. The number of hydrogen-bond acceptors (Lipinski definition) is 5. The van der Waals surface area contributed by atoms with Crippen molar-refractivity contribution in [2.75, 3.05) is 12.8 Å². The summed E-state index contributed by atoms with van der Waals surface area (Å²) in [4.78, 5) is 11.8. The normalized spacial score (nSPS) is 9.14. The first kappa shape index (κ1) is 10.4. The van der Waals surface area contributed by atoms with Gasteiger partial charge in [-0.15, -0.1) is 0 Å². The van der Waals surface area contributed by atoms with Crippen LogP contribution in [0.2, 0.25) is 0 Å². The lowest BCUT2D eigenvalue weighted by Gasteiger charge is -2.05. The van der Waals surface area contributed by atoms with Crippen LogP contribution in [0, 0.1) is 10.7 Å². The maximum absolute atomic E-state index is 11.2. The Morgan fingerprint density at radius 2 is 2.36 bits per heavy atom. The Bertz CT molecular complexity index is 398. The lowest BCUT2D eigenvalue weighted by Crippen LogP contribution is -2.06. The molecule has 1 rings (SSSR count). The maximum Gasteiger partial charge on any atom is 0.339 e. The minimum Gasteiger partial charge on any atom is -0.465 e. The fourth-order valence-corrected chi connectivity index (χ4v) is 1.44. The number of anilines is 1. The number of ether oxygens (including phenoxy) is 1. The molecule has 0 unspecified atom stereocenters. The highest BCUT2D eigenvalue weighted by Gasteiger charge is 2.12. The molecule has 0 bridgehead atoms. The van der Waals surface area contributed by atoms with Crippen molar-refractivity contribution in [3.63, 3.8) is 0 Å². The van der Waals surface area contributed by atoms with Gasteiger partial charge < -0.3 is 10.5 Å². The van der Waals surface area contributed by atoms with E-state index >= 15 is 0 Å². The molecule has 4 nitrogen and oxygen atoms in total. The number of methoxy groups -OCH3 is 1. The number of nitrogens with two attached hydrogens (primary N) is 1. The topological polar surface area (TPSA) is 76.1 Å². The van der Waals surface area contributed by atoms with E-state index < -0.39 is 5.97 Å². The minimum absolute atomic E-state index is 0.283. The van der Waals surface area contributed by atoms with Gasteiger partial charge in [0.1, 0.15) is 5.40 Å². The van der Waals surface area contributed by atoms with Crippen molar-refractivity contribution in [3.05, 3.63) is 23.8 Å². The van der Waals surface area contributed by atoms with Crippen LogP contribution >= 0.6 is 11.8 Å². The number of nitriles is 1. The fraction of sp³-hybridized carbons (Fsp3) is 0.111. The molecule has 0 aliphatic rings. The molecule has 0 atom stereocenters. The largest absolute Gasteiger partial charge is 0.465 e. The smallest absolute Gasteiger partial charge is 0.339 e. The summed E-state index contributed by atoms with van der Waals surface area (Å²) in [5, 5.41) is 10.4. The number of rotatable bonds is 2. The van der Waals surface area contributed by atoms with Crippen molar-refractivity contribution in [2.45, 2.75) is 4.90 Å². The van der Waals surface area contributed by atoms with E-state index in [2.05, 4.69) is 4.74 Å². The molecule has 0 aliphatic carbocycles. The summed E-state index contributed by atoms with van der Waals surface area (Å²) in [5.74, 6) is -0.497. The number of carbonyl (C=O) groups excluding carboxylic acids is 1. The lowest BCUT2D eigenvalue weighted by molar-refractivity contribution is 0.0601. The molecule has 0 radical (unpaired) electrons. The molecule has 0 saturated carbocycles. The highest BCUT2D eigenvalue weighted by molar-refractivity contribution is 8.03. The summed E-state index contributed by atoms with van der Waals surface area (Å²) in [6.07, 6.45) is 0. The number of carbonyl (C=O) groups is 1. The van der Waals surface area contributed by atoms with E-state index in [4.69, 9.17) is 11.0 Å². The second kappa shape index (κ2) is 4.53. The minimum atomic E-state index is -0.497. The number of nitrogen functional groups attached to an aromatic ring is 1. The van der Waals surface area contributed by atoms with Gasteiger partial charge in [-0.2, -0.15) is 5.26 Å². The second-order valence-corrected chi connectivity index (χ2v) is 3.23. The molecular weight excluding hydrogens is 200 g/mol. The molecule has 72 valence electrons. The van der Waals surface area contributed by atoms with Crippen molar-refractivity contribution in [1.82, 2.24) is 0 Å². The molecular formula is C9H8N2O2S. The van der Waals surface area contributed by atoms with E-state index in [1.165, 1.54) is 7.11 Å². The summed E-state index contributed by atoms with van der Waals surface area (Å²) >= 11 is 0.917. The number of esters is 1. The molecule has 0 spiro atoms. The Balaban J connectivity index is 3.15. The standard InChI is InChI=1S/C9H8N2O2S/c1-13-9(12)6-3-2-4-7(8(6)11)14-5-10/h2-4H,11H2,1H3. The zero-order chi connectivity index (χ0) is 10.6. The number of thioether (sulfide) groups is 1. The zero-order valence-corrected chi connectivity index (χ0v) is 8.30. The van der Waals surface area contributed by atoms with Crippen LogP contribution in [0.3, 0.4) is 0 Å². The van der Waals surface area contributed by atoms with Crippen LogP contribution < -0.4 is 5.73 Å². The molecule has 0 saturated heterocycles. The average molecular weight is 208 g/mol. The van der Waals surface area contributed by atoms with Gasteiger partial charge in [-0.05, 0) is 23.9 Å². The summed E-state index contributed by atoms with van der Waals surface area (Å²) < 4.78 is 4.54. The Morgan fingerprint density at radius 3 is 2.93 bits per heavy atom. The van der Waals surface area contributed by atoms with Gasteiger partial charge in [0.05, 0.1) is 18.4 Å². The Kier molecular flexibility index (Phi) is 3.37. The quantitative estimate of drug-likeness (QED) is 0.346. The van der Waals surface area contributed by atoms with E-state index in [0.29, 0.717) is 4.90 Å². The Morgan fingerprint density at radius 1 is 1.64 bits per heavy atom. The lowest BCUT2D eigenvalue weighted by atomic mass is 10.2. The molecule has 0 fully saturated rings. The molecule has 5 heteroatoms. The van der Waals surface area contributed by atoms with Gasteiger partial charge in [-0.25, -0.2) is 4.79 Å². The summed E-state index contributed by atoms with van der Waals surface area (Å²) in [7, 11) is 1.28. The van der Waals surface area contributed by atoms with E-state index in [-0.39, 0.29) is 11.3 Å². The van der Waals surface area contributed by atoms with Crippen molar-refractivity contribution in [3.8, 4) is 5.40 Å². The van der Waals surface area contributed by atoms with E-state index in [1.807, 2.05) is 5.40 Å². The van der Waals surface area contributed by atoms with Gasteiger partial charge in [-0.3, -0.25) is 0 Å². The summed E-state index contributed by atoms with van der Waals surface area (Å²) in [6, 6.07) is 4.89. The molecule has 1 aromatic carbocycles. The Labute approximate surface area is 85.7 Å². The maximum atomic E-state index is 11.2. The highest BCUT2D eigenvalue weighted by Crippen LogP contribution is 2.27. The van der Waals surface area contributed by atoms with Crippen molar-refractivity contribution >= 4 is 23.4 Å². The van der Waals surface area contributed by atoms with E-state index in [1.54, 1.807) is 18.2 Å². The highest BCUT2D eigenvalue weighted by atomic mass is 32.2. The van der Waals surface area contributed by atoms with Gasteiger partial charge in [0.25, 0.3) is 0 Å². The first-order chi connectivity index (χ1) is 6.70. The van der Waals surface area contributed by atoms with Gasteiger partial charge in [-0.1, -0.05) is 6.07 Å². The molecule has 0 amide bonds. The number of hydrogen-bond donors (Lipinski definition) is 1. The van der Waals surface area contributed by atoms with Crippen LogP contribution in [0.5, 0.6) is 0 Å². The van der Waals surface area contributed by atoms with E-state index in [9.17, 15) is 4.79 Å².